The monoisotopic (exact) mass is 347 g/mol. The Morgan fingerprint density at radius 3 is 2.20 bits per heavy atom. The molecule has 1 N–H and O–H groups in total. The van der Waals surface area contributed by atoms with Gasteiger partial charge in [0.25, 0.3) is 5.91 Å². The second-order valence-corrected chi connectivity index (χ2v) is 6.40. The minimum Gasteiger partial charge on any atom is -0.503 e. The topological polar surface area (TPSA) is 76.1 Å². The average Bonchev–Trinajstić information content (AvgIpc) is 2.84. The van der Waals surface area contributed by atoms with Gasteiger partial charge in [0.2, 0.25) is 0 Å². The molecule has 0 unspecified atom stereocenters. The zero-order valence-electron chi connectivity index (χ0n) is 15.3. The fourth-order valence-electron chi connectivity index (χ4n) is 3.02. The summed E-state index contributed by atoms with van der Waals surface area (Å²) in [5, 5.41) is 10.2. The molecule has 1 atom stereocenters. The van der Waals surface area contributed by atoms with E-state index in [1.807, 2.05) is 24.3 Å². The highest BCUT2D eigenvalue weighted by atomic mass is 16.7. The third-order valence-electron chi connectivity index (χ3n) is 4.47. The first-order valence-corrected chi connectivity index (χ1v) is 8.22. The normalized spacial score (nSPS) is 18.0. The number of hydrogen-bond acceptors (Lipinski definition) is 5. The van der Waals surface area contributed by atoms with Gasteiger partial charge in [0.05, 0.1) is 18.2 Å². The molecular weight excluding hydrogens is 322 g/mol. The second-order valence-electron chi connectivity index (χ2n) is 6.40. The molecule has 0 aromatic heterocycles. The second kappa shape index (κ2) is 7.80. The number of benzene rings is 1. The Labute approximate surface area is 148 Å². The molecule has 0 saturated heterocycles. The quantitative estimate of drug-likeness (QED) is 0.768. The number of carbonyl (C=O) groups excluding carboxylic acids is 2. The van der Waals surface area contributed by atoms with Crippen LogP contribution in [0.15, 0.2) is 35.6 Å². The third kappa shape index (κ3) is 3.75. The summed E-state index contributed by atoms with van der Waals surface area (Å²) in [6.07, 6.45) is -0.652. The number of rotatable bonds is 7. The first kappa shape index (κ1) is 19.1. The van der Waals surface area contributed by atoms with Crippen LogP contribution < -0.4 is 0 Å². The van der Waals surface area contributed by atoms with E-state index in [-0.39, 0.29) is 17.9 Å². The number of aliphatic hydroxyl groups excluding tert-OH is 1. The maximum Gasteiger partial charge on any atom is 0.290 e. The van der Waals surface area contributed by atoms with Crippen molar-refractivity contribution in [3.05, 3.63) is 46.7 Å². The first-order chi connectivity index (χ1) is 11.8. The standard InChI is InChI=1S/C19H25NO5/c1-11(2)13-6-8-14(9-7-13)17-16(12(3)21)18(22)19(23)20(17)10-15(24-4)25-5/h6-9,11,15,17,22H,10H2,1-5H3/t17-/m0/s1. The Morgan fingerprint density at radius 1 is 1.20 bits per heavy atom. The van der Waals surface area contributed by atoms with Crippen molar-refractivity contribution >= 4 is 11.7 Å². The molecule has 0 bridgehead atoms. The molecule has 25 heavy (non-hydrogen) atoms. The van der Waals surface area contributed by atoms with Gasteiger partial charge in [-0.3, -0.25) is 9.59 Å². The van der Waals surface area contributed by atoms with Crippen LogP contribution in [0.3, 0.4) is 0 Å². The predicted octanol–water partition coefficient (Wildman–Crippen LogP) is 2.71. The molecule has 0 aliphatic carbocycles. The predicted molar refractivity (Wildman–Crippen MR) is 93.1 cm³/mol. The van der Waals surface area contributed by atoms with Crippen LogP contribution in [-0.4, -0.2) is 48.8 Å². The van der Waals surface area contributed by atoms with E-state index in [0.29, 0.717) is 5.92 Å². The lowest BCUT2D eigenvalue weighted by molar-refractivity contribution is -0.144. The molecule has 0 radical (unpaired) electrons. The summed E-state index contributed by atoms with van der Waals surface area (Å²) < 4.78 is 10.3. The number of Topliss-reactive ketones (excluding diaryl/α,β-unsaturated/α-hetero) is 1. The molecule has 1 aromatic rings. The molecule has 1 aliphatic heterocycles. The average molecular weight is 347 g/mol. The number of nitrogens with zero attached hydrogens (tertiary/aromatic N) is 1. The number of hydrogen-bond donors (Lipinski definition) is 1. The van der Waals surface area contributed by atoms with E-state index in [1.165, 1.54) is 26.0 Å². The number of aliphatic hydroxyl groups is 1. The molecule has 0 saturated carbocycles. The summed E-state index contributed by atoms with van der Waals surface area (Å²) in [4.78, 5) is 26.0. The highest BCUT2D eigenvalue weighted by Gasteiger charge is 2.43. The summed E-state index contributed by atoms with van der Waals surface area (Å²) in [6.45, 7) is 5.63. The van der Waals surface area contributed by atoms with E-state index >= 15 is 0 Å². The van der Waals surface area contributed by atoms with Crippen LogP contribution in [-0.2, 0) is 19.1 Å². The molecule has 1 aliphatic rings. The molecule has 1 heterocycles. The number of ether oxygens (including phenoxy) is 2. The van der Waals surface area contributed by atoms with Gasteiger partial charge in [0, 0.05) is 14.2 Å². The van der Waals surface area contributed by atoms with Crippen molar-refractivity contribution in [2.75, 3.05) is 20.8 Å². The van der Waals surface area contributed by atoms with Gasteiger partial charge in [-0.05, 0) is 24.0 Å². The lowest BCUT2D eigenvalue weighted by atomic mass is 9.94. The van der Waals surface area contributed by atoms with E-state index < -0.39 is 24.0 Å². The van der Waals surface area contributed by atoms with Crippen LogP contribution in [0.5, 0.6) is 0 Å². The Kier molecular flexibility index (Phi) is 5.98. The van der Waals surface area contributed by atoms with Gasteiger partial charge in [-0.25, -0.2) is 0 Å². The van der Waals surface area contributed by atoms with E-state index in [1.54, 1.807) is 0 Å². The van der Waals surface area contributed by atoms with Crippen LogP contribution >= 0.6 is 0 Å². The Hall–Kier alpha value is -2.18. The van der Waals surface area contributed by atoms with Crippen molar-refractivity contribution < 1.29 is 24.2 Å². The molecule has 1 aromatic carbocycles. The van der Waals surface area contributed by atoms with E-state index in [4.69, 9.17) is 9.47 Å². The van der Waals surface area contributed by atoms with Crippen molar-refractivity contribution in [3.63, 3.8) is 0 Å². The molecule has 6 nitrogen and oxygen atoms in total. The lowest BCUT2D eigenvalue weighted by Gasteiger charge is -2.29. The van der Waals surface area contributed by atoms with Crippen molar-refractivity contribution in [2.45, 2.75) is 39.0 Å². The minimum atomic E-state index is -0.654. The van der Waals surface area contributed by atoms with Gasteiger partial charge in [-0.2, -0.15) is 0 Å². The molecule has 1 amide bonds. The van der Waals surface area contributed by atoms with Crippen molar-refractivity contribution in [3.8, 4) is 0 Å². The van der Waals surface area contributed by atoms with Crippen LogP contribution in [0.2, 0.25) is 0 Å². The van der Waals surface area contributed by atoms with E-state index in [0.717, 1.165) is 11.1 Å². The number of methoxy groups -OCH3 is 2. The Bertz CT molecular complexity index is 674. The van der Waals surface area contributed by atoms with Crippen molar-refractivity contribution in [1.82, 2.24) is 4.90 Å². The summed E-state index contributed by atoms with van der Waals surface area (Å²) in [6, 6.07) is 7.06. The molecule has 0 fully saturated rings. The third-order valence-corrected chi connectivity index (χ3v) is 4.47. The van der Waals surface area contributed by atoms with Gasteiger partial charge in [0.15, 0.2) is 17.8 Å². The summed E-state index contributed by atoms with van der Waals surface area (Å²) in [7, 11) is 2.95. The molecule has 2 rings (SSSR count). The molecule has 0 spiro atoms. The van der Waals surface area contributed by atoms with Crippen LogP contribution in [0, 0.1) is 0 Å². The SMILES string of the molecule is COC(CN1C(=O)C(O)=C(C(C)=O)[C@@H]1c1ccc(C(C)C)cc1)OC. The van der Waals surface area contributed by atoms with Crippen LogP contribution in [0.1, 0.15) is 43.9 Å². The van der Waals surface area contributed by atoms with Crippen LogP contribution in [0.4, 0.5) is 0 Å². The Balaban J connectivity index is 2.45. The summed E-state index contributed by atoms with van der Waals surface area (Å²) in [5.41, 5.74) is 2.02. The van der Waals surface area contributed by atoms with Gasteiger partial charge < -0.3 is 19.5 Å². The van der Waals surface area contributed by atoms with Crippen molar-refractivity contribution in [1.29, 1.82) is 0 Å². The first-order valence-electron chi connectivity index (χ1n) is 8.22. The lowest BCUT2D eigenvalue weighted by Crippen LogP contribution is -2.38. The van der Waals surface area contributed by atoms with Crippen LogP contribution in [0.25, 0.3) is 0 Å². The van der Waals surface area contributed by atoms with Gasteiger partial charge in [-0.1, -0.05) is 38.1 Å². The van der Waals surface area contributed by atoms with E-state index in [9.17, 15) is 14.7 Å². The maximum absolute atomic E-state index is 12.5. The largest absolute Gasteiger partial charge is 0.503 e. The number of amides is 1. The Morgan fingerprint density at radius 2 is 1.76 bits per heavy atom. The fraction of sp³-hybridized carbons (Fsp3) is 0.474. The highest BCUT2D eigenvalue weighted by Crippen LogP contribution is 2.38. The molecule has 6 heteroatoms. The van der Waals surface area contributed by atoms with Gasteiger partial charge >= 0.3 is 0 Å². The van der Waals surface area contributed by atoms with Gasteiger partial charge in [0.1, 0.15) is 0 Å². The number of carbonyl (C=O) groups is 2. The van der Waals surface area contributed by atoms with Gasteiger partial charge in [-0.15, -0.1) is 0 Å². The molecule has 136 valence electrons. The fourth-order valence-corrected chi connectivity index (χ4v) is 3.02. The van der Waals surface area contributed by atoms with E-state index in [2.05, 4.69) is 13.8 Å². The molecular formula is C19H25NO5. The maximum atomic E-state index is 12.5. The zero-order valence-corrected chi connectivity index (χ0v) is 15.3. The zero-order chi connectivity index (χ0) is 18.7. The highest BCUT2D eigenvalue weighted by molar-refractivity contribution is 6.08. The van der Waals surface area contributed by atoms with Crippen molar-refractivity contribution in [2.24, 2.45) is 0 Å². The summed E-state index contributed by atoms with van der Waals surface area (Å²) >= 11 is 0. The smallest absolute Gasteiger partial charge is 0.290 e. The minimum absolute atomic E-state index is 0.100. The number of ketones is 1. The summed E-state index contributed by atoms with van der Waals surface area (Å²) in [5.74, 6) is -1.06.